The minimum atomic E-state index is -0.116. The van der Waals surface area contributed by atoms with E-state index in [-0.39, 0.29) is 5.56 Å². The average Bonchev–Trinajstić information content (AvgIpc) is 2.52. The third kappa shape index (κ3) is 4.81. The Balaban J connectivity index is 1.88. The van der Waals surface area contributed by atoms with Crippen LogP contribution in [0.2, 0.25) is 0 Å². The third-order valence-corrected chi connectivity index (χ3v) is 4.85. The topological polar surface area (TPSA) is 56.1 Å². The van der Waals surface area contributed by atoms with Crippen molar-refractivity contribution in [3.63, 3.8) is 0 Å². The van der Waals surface area contributed by atoms with Gasteiger partial charge in [0, 0.05) is 13.7 Å². The predicted octanol–water partition coefficient (Wildman–Crippen LogP) is 3.03. The smallest absolute Gasteiger partial charge is 0.283 e. The van der Waals surface area contributed by atoms with Crippen molar-refractivity contribution in [1.29, 1.82) is 0 Å². The molecule has 0 spiro atoms. The zero-order chi connectivity index (χ0) is 15.1. The molecular weight excluding hydrogens is 334 g/mol. The van der Waals surface area contributed by atoms with Gasteiger partial charge in [-0.2, -0.15) is 5.10 Å². The molecule has 1 aromatic heterocycles. The highest BCUT2D eigenvalue weighted by molar-refractivity contribution is 9.10. The quantitative estimate of drug-likeness (QED) is 0.814. The molecule has 1 aromatic rings. The highest BCUT2D eigenvalue weighted by Gasteiger charge is 2.13. The summed E-state index contributed by atoms with van der Waals surface area (Å²) >= 11 is 3.37. The maximum atomic E-state index is 12.1. The number of halogens is 1. The van der Waals surface area contributed by atoms with E-state index in [1.54, 1.807) is 13.3 Å². The Morgan fingerprint density at radius 2 is 2.19 bits per heavy atom. The van der Waals surface area contributed by atoms with Gasteiger partial charge in [-0.15, -0.1) is 0 Å². The van der Waals surface area contributed by atoms with Crippen molar-refractivity contribution in [2.45, 2.75) is 45.1 Å². The lowest BCUT2D eigenvalue weighted by molar-refractivity contribution is 0.181. The molecule has 0 aromatic carbocycles. The molecule has 1 N–H and O–H groups in total. The number of hydrogen-bond donors (Lipinski definition) is 1. The second-order valence-corrected chi connectivity index (χ2v) is 6.41. The molecule has 1 aliphatic carbocycles. The maximum Gasteiger partial charge on any atom is 0.283 e. The number of aromatic nitrogens is 2. The third-order valence-electron chi connectivity index (χ3n) is 4.08. The Morgan fingerprint density at radius 3 is 2.90 bits per heavy atom. The van der Waals surface area contributed by atoms with Crippen molar-refractivity contribution >= 4 is 21.6 Å². The van der Waals surface area contributed by atoms with E-state index in [1.165, 1.54) is 43.2 Å². The molecule has 1 saturated carbocycles. The summed E-state index contributed by atoms with van der Waals surface area (Å²) in [5.74, 6) is 0.833. The number of anilines is 1. The lowest BCUT2D eigenvalue weighted by Crippen LogP contribution is -2.26. The molecule has 0 amide bonds. The number of nitrogens with one attached hydrogen (secondary N) is 1. The molecule has 5 nitrogen and oxygen atoms in total. The monoisotopic (exact) mass is 357 g/mol. The van der Waals surface area contributed by atoms with Crippen molar-refractivity contribution in [3.8, 4) is 0 Å². The van der Waals surface area contributed by atoms with Crippen molar-refractivity contribution in [3.05, 3.63) is 21.0 Å². The number of methoxy groups -OCH3 is 1. The van der Waals surface area contributed by atoms with Gasteiger partial charge in [0.25, 0.3) is 5.56 Å². The summed E-state index contributed by atoms with van der Waals surface area (Å²) in [6.07, 6.45) is 9.69. The number of hydrogen-bond acceptors (Lipinski definition) is 4. The van der Waals surface area contributed by atoms with Crippen LogP contribution >= 0.6 is 15.9 Å². The second kappa shape index (κ2) is 8.54. The Kier molecular flexibility index (Phi) is 6.70. The fourth-order valence-corrected chi connectivity index (χ4v) is 3.26. The van der Waals surface area contributed by atoms with Gasteiger partial charge >= 0.3 is 0 Å². The Morgan fingerprint density at radius 1 is 1.43 bits per heavy atom. The Bertz CT molecular complexity index is 498. The van der Waals surface area contributed by atoms with Gasteiger partial charge in [-0.1, -0.05) is 32.1 Å². The van der Waals surface area contributed by atoms with Gasteiger partial charge in [0.05, 0.1) is 25.0 Å². The van der Waals surface area contributed by atoms with Crippen LogP contribution in [0.15, 0.2) is 15.5 Å². The summed E-state index contributed by atoms with van der Waals surface area (Å²) in [4.78, 5) is 12.1. The zero-order valence-corrected chi connectivity index (χ0v) is 14.2. The van der Waals surface area contributed by atoms with E-state index < -0.39 is 0 Å². The van der Waals surface area contributed by atoms with E-state index in [0.717, 1.165) is 18.2 Å². The van der Waals surface area contributed by atoms with Crippen LogP contribution in [0.25, 0.3) is 0 Å². The summed E-state index contributed by atoms with van der Waals surface area (Å²) in [6.45, 7) is 1.84. The van der Waals surface area contributed by atoms with Crippen LogP contribution in [0.4, 0.5) is 5.69 Å². The number of nitrogens with zero attached hydrogens (tertiary/aromatic N) is 2. The SMILES string of the molecule is COCCn1ncc(NCCC2CCCCC2)c(Br)c1=O. The molecule has 118 valence electrons. The van der Waals surface area contributed by atoms with Crippen LogP contribution in [0.3, 0.4) is 0 Å². The largest absolute Gasteiger partial charge is 0.383 e. The first-order chi connectivity index (χ1) is 10.2. The van der Waals surface area contributed by atoms with Crippen molar-refractivity contribution in [2.75, 3.05) is 25.6 Å². The molecule has 6 heteroatoms. The lowest BCUT2D eigenvalue weighted by Gasteiger charge is -2.21. The van der Waals surface area contributed by atoms with E-state index in [2.05, 4.69) is 26.3 Å². The van der Waals surface area contributed by atoms with Crippen LogP contribution in [-0.2, 0) is 11.3 Å². The Hall–Kier alpha value is -0.880. The van der Waals surface area contributed by atoms with E-state index in [1.807, 2.05) is 0 Å². The first-order valence-electron chi connectivity index (χ1n) is 7.71. The summed E-state index contributed by atoms with van der Waals surface area (Å²) in [5, 5.41) is 7.50. The fourth-order valence-electron chi connectivity index (χ4n) is 2.81. The zero-order valence-electron chi connectivity index (χ0n) is 12.6. The predicted molar refractivity (Wildman–Crippen MR) is 87.8 cm³/mol. The van der Waals surface area contributed by atoms with E-state index >= 15 is 0 Å². The summed E-state index contributed by atoms with van der Waals surface area (Å²) in [5.41, 5.74) is 0.666. The average molecular weight is 358 g/mol. The Labute approximate surface area is 134 Å². The van der Waals surface area contributed by atoms with Gasteiger partial charge in [0.1, 0.15) is 4.47 Å². The molecule has 0 radical (unpaired) electrons. The standard InChI is InChI=1S/C15H24BrN3O2/c1-21-10-9-19-15(20)14(16)13(11-18-19)17-8-7-12-5-3-2-4-6-12/h11-12,17H,2-10H2,1H3. The van der Waals surface area contributed by atoms with Gasteiger partial charge in [-0.3, -0.25) is 4.79 Å². The first kappa shape index (κ1) is 16.5. The van der Waals surface area contributed by atoms with Crippen LogP contribution < -0.4 is 10.9 Å². The highest BCUT2D eigenvalue weighted by Crippen LogP contribution is 2.26. The van der Waals surface area contributed by atoms with Gasteiger partial charge in [0.15, 0.2) is 0 Å². The van der Waals surface area contributed by atoms with Crippen LogP contribution in [0.1, 0.15) is 38.5 Å². The van der Waals surface area contributed by atoms with E-state index in [9.17, 15) is 4.79 Å². The minimum absolute atomic E-state index is 0.116. The van der Waals surface area contributed by atoms with Gasteiger partial charge in [-0.05, 0) is 28.3 Å². The fraction of sp³-hybridized carbons (Fsp3) is 0.733. The van der Waals surface area contributed by atoms with Crippen LogP contribution in [-0.4, -0.2) is 30.0 Å². The van der Waals surface area contributed by atoms with E-state index in [0.29, 0.717) is 17.6 Å². The minimum Gasteiger partial charge on any atom is -0.383 e. The molecule has 1 aliphatic rings. The highest BCUT2D eigenvalue weighted by atomic mass is 79.9. The number of ether oxygens (including phenoxy) is 1. The maximum absolute atomic E-state index is 12.1. The van der Waals surface area contributed by atoms with Gasteiger partial charge < -0.3 is 10.1 Å². The van der Waals surface area contributed by atoms with Crippen molar-refractivity contribution in [1.82, 2.24) is 9.78 Å². The lowest BCUT2D eigenvalue weighted by atomic mass is 9.87. The molecule has 21 heavy (non-hydrogen) atoms. The molecule has 1 heterocycles. The summed E-state index contributed by atoms with van der Waals surface area (Å²) in [6, 6.07) is 0. The molecule has 0 saturated heterocycles. The molecule has 2 rings (SSSR count). The second-order valence-electron chi connectivity index (χ2n) is 5.61. The molecule has 0 atom stereocenters. The van der Waals surface area contributed by atoms with Crippen LogP contribution in [0.5, 0.6) is 0 Å². The normalized spacial score (nSPS) is 16.1. The molecule has 0 aliphatic heterocycles. The molecular formula is C15H24BrN3O2. The van der Waals surface area contributed by atoms with Gasteiger partial charge in [0.2, 0.25) is 0 Å². The number of rotatable bonds is 7. The van der Waals surface area contributed by atoms with E-state index in [4.69, 9.17) is 4.74 Å². The first-order valence-corrected chi connectivity index (χ1v) is 8.50. The molecule has 0 bridgehead atoms. The van der Waals surface area contributed by atoms with Crippen molar-refractivity contribution < 1.29 is 4.74 Å². The summed E-state index contributed by atoms with van der Waals surface area (Å²) < 4.78 is 6.94. The molecule has 0 unspecified atom stereocenters. The van der Waals surface area contributed by atoms with Crippen molar-refractivity contribution in [2.24, 2.45) is 5.92 Å². The van der Waals surface area contributed by atoms with Crippen LogP contribution in [0, 0.1) is 5.92 Å². The van der Waals surface area contributed by atoms with Gasteiger partial charge in [-0.25, -0.2) is 4.68 Å². The summed E-state index contributed by atoms with van der Waals surface area (Å²) in [7, 11) is 1.61. The molecule has 1 fully saturated rings.